The predicted octanol–water partition coefficient (Wildman–Crippen LogP) is 5.62. The zero-order valence-corrected chi connectivity index (χ0v) is 18.3. The van der Waals surface area contributed by atoms with Crippen molar-refractivity contribution in [3.8, 4) is 16.2 Å². The second-order valence-corrected chi connectivity index (χ2v) is 10.8. The van der Waals surface area contributed by atoms with Crippen molar-refractivity contribution in [2.24, 2.45) is 0 Å². The molecule has 0 unspecified atom stereocenters. The first-order chi connectivity index (χ1) is 13.3. The fraction of sp³-hybridized carbons (Fsp3) is 0.100. The van der Waals surface area contributed by atoms with Gasteiger partial charge in [-0.05, 0) is 60.5 Å². The SMILES string of the molecule is C/C=C(/C(=O)Oc1ccc(-c2cc(=S)ss2)cc1)c1ccc(S(C)(=O)=O)cc1. The highest BCUT2D eigenvalue weighted by Crippen LogP contribution is 2.30. The number of hydrogen-bond acceptors (Lipinski definition) is 7. The first-order valence-electron chi connectivity index (χ1n) is 8.17. The maximum atomic E-state index is 12.6. The Balaban J connectivity index is 1.76. The van der Waals surface area contributed by atoms with Gasteiger partial charge in [0, 0.05) is 11.1 Å². The van der Waals surface area contributed by atoms with Crippen molar-refractivity contribution in [2.45, 2.75) is 11.8 Å². The lowest BCUT2D eigenvalue weighted by molar-refractivity contribution is -0.127. The lowest BCUT2D eigenvalue weighted by Gasteiger charge is -2.09. The molecule has 3 rings (SSSR count). The third-order valence-corrected chi connectivity index (χ3v) is 7.95. The zero-order valence-electron chi connectivity index (χ0n) is 15.0. The van der Waals surface area contributed by atoms with E-state index in [4.69, 9.17) is 17.0 Å². The molecule has 0 aliphatic heterocycles. The van der Waals surface area contributed by atoms with E-state index in [1.165, 1.54) is 12.1 Å². The summed E-state index contributed by atoms with van der Waals surface area (Å²) in [5.41, 5.74) is 1.97. The Morgan fingerprint density at radius 1 is 1.04 bits per heavy atom. The highest BCUT2D eigenvalue weighted by molar-refractivity contribution is 7.90. The van der Waals surface area contributed by atoms with E-state index in [-0.39, 0.29) is 4.90 Å². The van der Waals surface area contributed by atoms with Crippen molar-refractivity contribution >= 4 is 54.3 Å². The van der Waals surface area contributed by atoms with Crippen molar-refractivity contribution < 1.29 is 17.9 Å². The number of hydrogen-bond donors (Lipinski definition) is 0. The number of ether oxygens (including phenoxy) is 1. The molecule has 1 aromatic heterocycles. The van der Waals surface area contributed by atoms with Crippen LogP contribution in [0.4, 0.5) is 0 Å². The average molecular weight is 449 g/mol. The molecule has 0 aliphatic carbocycles. The number of esters is 1. The highest BCUT2D eigenvalue weighted by Gasteiger charge is 2.15. The van der Waals surface area contributed by atoms with Crippen LogP contribution in [0.25, 0.3) is 16.0 Å². The van der Waals surface area contributed by atoms with E-state index in [2.05, 4.69) is 0 Å². The Kier molecular flexibility index (Phi) is 6.24. The summed E-state index contributed by atoms with van der Waals surface area (Å²) in [6.07, 6.45) is 2.78. The van der Waals surface area contributed by atoms with Gasteiger partial charge in [0.25, 0.3) is 0 Å². The average Bonchev–Trinajstić information content (AvgIpc) is 3.09. The van der Waals surface area contributed by atoms with Gasteiger partial charge >= 0.3 is 5.97 Å². The maximum Gasteiger partial charge on any atom is 0.343 e. The molecule has 0 amide bonds. The van der Waals surface area contributed by atoms with E-state index in [9.17, 15) is 13.2 Å². The van der Waals surface area contributed by atoms with Gasteiger partial charge in [-0.3, -0.25) is 0 Å². The minimum atomic E-state index is -3.29. The van der Waals surface area contributed by atoms with Crippen LogP contribution in [0, 0.1) is 3.82 Å². The van der Waals surface area contributed by atoms with Crippen LogP contribution in [0.5, 0.6) is 5.75 Å². The molecule has 2 aromatic carbocycles. The van der Waals surface area contributed by atoms with E-state index < -0.39 is 15.8 Å². The Hall–Kier alpha value is -2.13. The second kappa shape index (κ2) is 8.48. The minimum absolute atomic E-state index is 0.201. The molecule has 0 saturated carbocycles. The van der Waals surface area contributed by atoms with Crippen LogP contribution in [0.1, 0.15) is 12.5 Å². The molecule has 4 nitrogen and oxygen atoms in total. The molecule has 0 saturated heterocycles. The summed E-state index contributed by atoms with van der Waals surface area (Å²) in [6.45, 7) is 1.73. The molecule has 8 heteroatoms. The lowest BCUT2D eigenvalue weighted by atomic mass is 10.1. The molecular weight excluding hydrogens is 432 g/mol. The smallest absolute Gasteiger partial charge is 0.343 e. The van der Waals surface area contributed by atoms with Gasteiger partial charge < -0.3 is 4.74 Å². The number of benzene rings is 2. The Morgan fingerprint density at radius 3 is 2.18 bits per heavy atom. The van der Waals surface area contributed by atoms with Crippen molar-refractivity contribution in [2.75, 3.05) is 6.26 Å². The molecular formula is C20H16O4S4. The van der Waals surface area contributed by atoms with Gasteiger partial charge in [0.2, 0.25) is 0 Å². The molecule has 144 valence electrons. The summed E-state index contributed by atoms with van der Waals surface area (Å²) < 4.78 is 29.5. The first kappa shape index (κ1) is 20.6. The topological polar surface area (TPSA) is 60.4 Å². The van der Waals surface area contributed by atoms with E-state index in [1.807, 2.05) is 18.2 Å². The summed E-state index contributed by atoms with van der Waals surface area (Å²) in [7, 11) is -0.131. The monoisotopic (exact) mass is 448 g/mol. The molecule has 0 aliphatic rings. The number of sulfone groups is 1. The van der Waals surface area contributed by atoms with Crippen molar-refractivity contribution in [1.29, 1.82) is 0 Å². The van der Waals surface area contributed by atoms with Crippen LogP contribution in [-0.2, 0) is 14.6 Å². The number of rotatable bonds is 5. The minimum Gasteiger partial charge on any atom is -0.423 e. The number of allylic oxidation sites excluding steroid dienone is 1. The van der Waals surface area contributed by atoms with Gasteiger partial charge in [0.05, 0.1) is 10.5 Å². The summed E-state index contributed by atoms with van der Waals surface area (Å²) in [5, 5.41) is 0. The normalized spacial score (nSPS) is 12.0. The standard InChI is InChI=1S/C20H16O4S4/c1-3-17(13-6-10-16(11-7-13)28(2,22)23)20(21)24-15-8-4-14(5-9-15)18-12-19(25)27-26-18/h3-12H,1-2H3/b17-3+. The summed E-state index contributed by atoms with van der Waals surface area (Å²) in [5.74, 6) is -0.0757. The van der Waals surface area contributed by atoms with E-state index in [0.717, 1.165) is 20.5 Å². The van der Waals surface area contributed by atoms with Crippen molar-refractivity contribution in [3.63, 3.8) is 0 Å². The molecule has 0 N–H and O–H groups in total. The highest BCUT2D eigenvalue weighted by atomic mass is 32.9. The van der Waals surface area contributed by atoms with Crippen LogP contribution in [0.15, 0.2) is 65.6 Å². The van der Waals surface area contributed by atoms with Crippen molar-refractivity contribution in [3.05, 3.63) is 70.1 Å². The molecule has 28 heavy (non-hydrogen) atoms. The quantitative estimate of drug-likeness (QED) is 0.167. The maximum absolute atomic E-state index is 12.6. The van der Waals surface area contributed by atoms with E-state index >= 15 is 0 Å². The van der Waals surface area contributed by atoms with Crippen LogP contribution >= 0.6 is 32.9 Å². The van der Waals surface area contributed by atoms with E-state index in [1.54, 1.807) is 57.9 Å². The Morgan fingerprint density at radius 2 is 1.68 bits per heavy atom. The van der Waals surface area contributed by atoms with Gasteiger partial charge in [0.15, 0.2) is 9.84 Å². The molecule has 0 spiro atoms. The van der Waals surface area contributed by atoms with E-state index in [0.29, 0.717) is 16.9 Å². The fourth-order valence-electron chi connectivity index (χ4n) is 2.51. The van der Waals surface area contributed by atoms with Crippen LogP contribution in [0.2, 0.25) is 0 Å². The van der Waals surface area contributed by atoms with Crippen LogP contribution < -0.4 is 4.74 Å². The predicted molar refractivity (Wildman–Crippen MR) is 117 cm³/mol. The second-order valence-electron chi connectivity index (χ2n) is 5.91. The van der Waals surface area contributed by atoms with Gasteiger partial charge in [-0.15, -0.1) is 0 Å². The van der Waals surface area contributed by atoms with Crippen molar-refractivity contribution in [1.82, 2.24) is 0 Å². The summed E-state index contributed by atoms with van der Waals surface area (Å²) in [4.78, 5) is 13.8. The fourth-order valence-corrected chi connectivity index (χ4v) is 5.54. The molecule has 0 atom stereocenters. The number of carbonyl (C=O) groups is 1. The van der Waals surface area contributed by atoms with Gasteiger partial charge in [0.1, 0.15) is 9.57 Å². The molecule has 3 aromatic rings. The molecule has 0 radical (unpaired) electrons. The molecule has 0 fully saturated rings. The first-order valence-corrected chi connectivity index (χ1v) is 12.6. The third-order valence-electron chi connectivity index (χ3n) is 3.91. The van der Waals surface area contributed by atoms with Gasteiger partial charge in [-0.2, -0.15) is 0 Å². The van der Waals surface area contributed by atoms with Crippen LogP contribution in [0.3, 0.4) is 0 Å². The summed E-state index contributed by atoms with van der Waals surface area (Å²) in [6, 6.07) is 15.3. The third kappa shape index (κ3) is 4.82. The Bertz CT molecular complexity index is 1180. The lowest BCUT2D eigenvalue weighted by Crippen LogP contribution is -2.10. The van der Waals surface area contributed by atoms with Gasteiger partial charge in [-0.25, -0.2) is 13.2 Å². The van der Waals surface area contributed by atoms with Crippen LogP contribution in [-0.4, -0.2) is 20.6 Å². The molecule has 1 heterocycles. The van der Waals surface area contributed by atoms with Gasteiger partial charge in [-0.1, -0.05) is 51.1 Å². The number of carbonyl (C=O) groups excluding carboxylic acids is 1. The summed E-state index contributed by atoms with van der Waals surface area (Å²) >= 11 is 5.15. The largest absolute Gasteiger partial charge is 0.423 e. The molecule has 0 bridgehead atoms. The zero-order chi connectivity index (χ0) is 20.3. The Labute approximate surface area is 176 Å².